The van der Waals surface area contributed by atoms with E-state index in [1.165, 1.54) is 0 Å². The van der Waals surface area contributed by atoms with Crippen LogP contribution >= 0.6 is 31.9 Å². The van der Waals surface area contributed by atoms with E-state index >= 15 is 0 Å². The minimum Gasteiger partial charge on any atom is -0.234 e. The van der Waals surface area contributed by atoms with Crippen molar-refractivity contribution in [1.82, 2.24) is 9.97 Å². The topological polar surface area (TPSA) is 50.5 Å². The van der Waals surface area contributed by atoms with Gasteiger partial charge in [-0.05, 0) is 56.1 Å². The second-order valence-electron chi connectivity index (χ2n) is 2.87. The van der Waals surface area contributed by atoms with Crippen molar-refractivity contribution in [2.24, 2.45) is 10.2 Å². The molecule has 0 aliphatic carbocycles. The fourth-order valence-corrected chi connectivity index (χ4v) is 1.43. The smallest absolute Gasteiger partial charge is 0.174 e. The maximum Gasteiger partial charge on any atom is 0.174 e. The molecule has 0 bridgehead atoms. The van der Waals surface area contributed by atoms with Crippen LogP contribution in [0.2, 0.25) is 0 Å². The standard InChI is InChI=1S/C10H6Br2N4/c11-7-1-3-9(13-5-7)15-16-10-4-2-8(12)6-14-10/h1-6H. The molecule has 0 spiro atoms. The monoisotopic (exact) mass is 340 g/mol. The van der Waals surface area contributed by atoms with E-state index in [0.29, 0.717) is 11.6 Å². The molecule has 0 aliphatic rings. The minimum atomic E-state index is 0.549. The average molecular weight is 342 g/mol. The predicted molar refractivity (Wildman–Crippen MR) is 68.1 cm³/mol. The fraction of sp³-hybridized carbons (Fsp3) is 0. The number of rotatable bonds is 2. The molecular formula is C10H6Br2N4. The summed E-state index contributed by atoms with van der Waals surface area (Å²) in [5.41, 5.74) is 0. The van der Waals surface area contributed by atoms with Gasteiger partial charge < -0.3 is 0 Å². The Labute approximate surface area is 109 Å². The normalized spacial score (nSPS) is 10.9. The first kappa shape index (κ1) is 11.3. The summed E-state index contributed by atoms with van der Waals surface area (Å²) in [6.45, 7) is 0. The van der Waals surface area contributed by atoms with Crippen LogP contribution in [-0.2, 0) is 0 Å². The van der Waals surface area contributed by atoms with Crippen molar-refractivity contribution < 1.29 is 0 Å². The van der Waals surface area contributed by atoms with Crippen molar-refractivity contribution in [3.8, 4) is 0 Å². The second-order valence-corrected chi connectivity index (χ2v) is 4.70. The van der Waals surface area contributed by atoms with Gasteiger partial charge in [0.05, 0.1) is 0 Å². The molecule has 0 aliphatic heterocycles. The Kier molecular flexibility index (Phi) is 3.74. The Bertz CT molecular complexity index is 446. The molecule has 2 aromatic heterocycles. The molecule has 2 heterocycles. The van der Waals surface area contributed by atoms with Crippen LogP contribution in [-0.4, -0.2) is 9.97 Å². The summed E-state index contributed by atoms with van der Waals surface area (Å²) in [7, 11) is 0. The first-order valence-corrected chi connectivity index (χ1v) is 5.97. The number of pyridine rings is 2. The van der Waals surface area contributed by atoms with Crippen LogP contribution < -0.4 is 0 Å². The number of hydrogen-bond acceptors (Lipinski definition) is 4. The highest BCUT2D eigenvalue weighted by molar-refractivity contribution is 9.10. The maximum atomic E-state index is 4.07. The summed E-state index contributed by atoms with van der Waals surface area (Å²) in [6.07, 6.45) is 3.34. The molecule has 0 N–H and O–H groups in total. The molecule has 0 saturated heterocycles. The molecule has 0 radical (unpaired) electrons. The summed E-state index contributed by atoms with van der Waals surface area (Å²) in [4.78, 5) is 8.13. The van der Waals surface area contributed by atoms with E-state index in [1.807, 2.05) is 12.1 Å². The Morgan fingerprint density at radius 1 is 0.750 bits per heavy atom. The Balaban J connectivity index is 2.15. The number of azo groups is 1. The summed E-state index contributed by atoms with van der Waals surface area (Å²) in [6, 6.07) is 7.26. The molecule has 0 amide bonds. The molecule has 0 unspecified atom stereocenters. The lowest BCUT2D eigenvalue weighted by Gasteiger charge is -1.93. The van der Waals surface area contributed by atoms with Crippen molar-refractivity contribution in [2.45, 2.75) is 0 Å². The molecule has 6 heteroatoms. The van der Waals surface area contributed by atoms with Crippen LogP contribution in [0.25, 0.3) is 0 Å². The molecule has 16 heavy (non-hydrogen) atoms. The number of nitrogens with zero attached hydrogens (tertiary/aromatic N) is 4. The fourth-order valence-electron chi connectivity index (χ4n) is 0.957. The summed E-state index contributed by atoms with van der Waals surface area (Å²) >= 11 is 6.59. The third kappa shape index (κ3) is 3.18. The number of halogens is 2. The Morgan fingerprint density at radius 3 is 1.50 bits per heavy atom. The van der Waals surface area contributed by atoms with E-state index in [9.17, 15) is 0 Å². The molecular weight excluding hydrogens is 336 g/mol. The zero-order chi connectivity index (χ0) is 11.4. The van der Waals surface area contributed by atoms with Crippen LogP contribution in [0.5, 0.6) is 0 Å². The van der Waals surface area contributed by atoms with E-state index < -0.39 is 0 Å². The van der Waals surface area contributed by atoms with Crippen LogP contribution in [0.3, 0.4) is 0 Å². The summed E-state index contributed by atoms with van der Waals surface area (Å²) < 4.78 is 1.82. The highest BCUT2D eigenvalue weighted by Crippen LogP contribution is 2.17. The van der Waals surface area contributed by atoms with Gasteiger partial charge in [-0.3, -0.25) is 0 Å². The van der Waals surface area contributed by atoms with Crippen LogP contribution in [0.1, 0.15) is 0 Å². The molecule has 2 aromatic rings. The van der Waals surface area contributed by atoms with Crippen LogP contribution in [0, 0.1) is 0 Å². The lowest BCUT2D eigenvalue weighted by atomic mass is 10.5. The molecule has 0 atom stereocenters. The number of aromatic nitrogens is 2. The van der Waals surface area contributed by atoms with Gasteiger partial charge in [0.25, 0.3) is 0 Å². The predicted octanol–water partition coefficient (Wildman–Crippen LogP) is 4.42. The van der Waals surface area contributed by atoms with E-state index in [0.717, 1.165) is 8.95 Å². The van der Waals surface area contributed by atoms with E-state index in [1.54, 1.807) is 24.5 Å². The van der Waals surface area contributed by atoms with Crippen LogP contribution in [0.15, 0.2) is 55.8 Å². The summed E-state index contributed by atoms with van der Waals surface area (Å²) in [5.74, 6) is 1.10. The lowest BCUT2D eigenvalue weighted by molar-refractivity contribution is 1.11. The van der Waals surface area contributed by atoms with Gasteiger partial charge in [0.1, 0.15) is 0 Å². The minimum absolute atomic E-state index is 0.549. The highest BCUT2D eigenvalue weighted by Gasteiger charge is 1.93. The second kappa shape index (κ2) is 5.27. The van der Waals surface area contributed by atoms with Gasteiger partial charge >= 0.3 is 0 Å². The molecule has 80 valence electrons. The van der Waals surface area contributed by atoms with Gasteiger partial charge in [-0.2, -0.15) is 0 Å². The first-order chi connectivity index (χ1) is 7.74. The Morgan fingerprint density at radius 2 is 1.19 bits per heavy atom. The SMILES string of the molecule is Brc1ccc(N=Nc2ccc(Br)cn2)nc1. The molecule has 4 nitrogen and oxygen atoms in total. The molecule has 0 saturated carbocycles. The third-order valence-corrected chi connectivity index (χ3v) is 2.62. The van der Waals surface area contributed by atoms with Crippen molar-refractivity contribution in [2.75, 3.05) is 0 Å². The van der Waals surface area contributed by atoms with Gasteiger partial charge in [-0.1, -0.05) is 0 Å². The molecule has 0 aromatic carbocycles. The van der Waals surface area contributed by atoms with Gasteiger partial charge in [0.2, 0.25) is 0 Å². The number of hydrogen-bond donors (Lipinski definition) is 0. The largest absolute Gasteiger partial charge is 0.234 e. The van der Waals surface area contributed by atoms with E-state index in [4.69, 9.17) is 0 Å². The van der Waals surface area contributed by atoms with Crippen LogP contribution in [0.4, 0.5) is 11.6 Å². The van der Waals surface area contributed by atoms with Crippen molar-refractivity contribution in [3.05, 3.63) is 45.6 Å². The zero-order valence-electron chi connectivity index (χ0n) is 8.01. The molecule has 2 rings (SSSR count). The van der Waals surface area contributed by atoms with Gasteiger partial charge in [-0.15, -0.1) is 10.2 Å². The Hall–Kier alpha value is -1.14. The summed E-state index contributed by atoms with van der Waals surface area (Å²) in [5, 5.41) is 7.93. The highest BCUT2D eigenvalue weighted by atomic mass is 79.9. The quantitative estimate of drug-likeness (QED) is 0.759. The van der Waals surface area contributed by atoms with E-state index in [2.05, 4.69) is 52.1 Å². The third-order valence-electron chi connectivity index (χ3n) is 1.68. The van der Waals surface area contributed by atoms with Gasteiger partial charge in [-0.25, -0.2) is 9.97 Å². The van der Waals surface area contributed by atoms with Gasteiger partial charge in [0.15, 0.2) is 11.6 Å². The first-order valence-electron chi connectivity index (χ1n) is 4.39. The maximum absolute atomic E-state index is 4.07. The average Bonchev–Trinajstić information content (AvgIpc) is 2.30. The lowest BCUT2D eigenvalue weighted by Crippen LogP contribution is -1.74. The molecule has 0 fully saturated rings. The van der Waals surface area contributed by atoms with Crippen molar-refractivity contribution in [3.63, 3.8) is 0 Å². The van der Waals surface area contributed by atoms with Crippen molar-refractivity contribution >= 4 is 43.5 Å². The van der Waals surface area contributed by atoms with Crippen molar-refractivity contribution in [1.29, 1.82) is 0 Å². The zero-order valence-corrected chi connectivity index (χ0v) is 11.2. The van der Waals surface area contributed by atoms with Gasteiger partial charge in [0, 0.05) is 21.3 Å². The van der Waals surface area contributed by atoms with E-state index in [-0.39, 0.29) is 0 Å².